The molecule has 1 aromatic heterocycles. The van der Waals surface area contributed by atoms with Crippen LogP contribution < -0.4 is 10.1 Å². The zero-order chi connectivity index (χ0) is 20.3. The summed E-state index contributed by atoms with van der Waals surface area (Å²) in [5, 5.41) is 20.3. The fraction of sp³-hybridized carbons (Fsp3) is 0.333. The molecule has 144 valence electrons. The van der Waals surface area contributed by atoms with Gasteiger partial charge in [0.1, 0.15) is 12.4 Å². The van der Waals surface area contributed by atoms with Crippen LogP contribution in [0.5, 0.6) is 5.75 Å². The molecule has 0 atom stereocenters. The van der Waals surface area contributed by atoms with Gasteiger partial charge >= 0.3 is 0 Å². The second-order valence-electron chi connectivity index (χ2n) is 7.02. The highest BCUT2D eigenvalue weighted by molar-refractivity contribution is 5.97. The molecule has 0 amide bonds. The van der Waals surface area contributed by atoms with Gasteiger partial charge in [0.15, 0.2) is 5.78 Å². The molecule has 1 aliphatic heterocycles. The van der Waals surface area contributed by atoms with E-state index >= 15 is 0 Å². The first kappa shape index (κ1) is 18.6. The van der Waals surface area contributed by atoms with Gasteiger partial charge in [-0.2, -0.15) is 15.5 Å². The second kappa shape index (κ2) is 7.69. The Hall–Kier alpha value is -3.78. The summed E-state index contributed by atoms with van der Waals surface area (Å²) in [6.45, 7) is 0.211. The number of benzene rings is 1. The zero-order valence-corrected chi connectivity index (χ0v) is 15.7. The molecule has 0 unspecified atom stereocenters. The zero-order valence-electron chi connectivity index (χ0n) is 15.7. The summed E-state index contributed by atoms with van der Waals surface area (Å²) in [5.41, 5.74) is 1.71. The standard InChI is InChI=1S/C21H18N6O2/c1-2-7-21(26-27-21)13-29-16-9-14(11-22)8-15(10-16)24-20-23-12-17-18(25-20)5-3-4-6-19(17)28/h1,8-10,12H,3-7,13H2,(H,23,24,25). The largest absolute Gasteiger partial charge is 0.489 e. The smallest absolute Gasteiger partial charge is 0.235 e. The molecule has 1 aliphatic carbocycles. The van der Waals surface area contributed by atoms with Crippen LogP contribution in [0.15, 0.2) is 34.6 Å². The van der Waals surface area contributed by atoms with E-state index in [9.17, 15) is 10.1 Å². The number of ketones is 1. The Balaban J connectivity index is 1.53. The molecule has 8 nitrogen and oxygen atoms in total. The molecular weight excluding hydrogens is 368 g/mol. The van der Waals surface area contributed by atoms with Gasteiger partial charge in [0.05, 0.1) is 29.3 Å². The average molecular weight is 386 g/mol. The molecule has 4 rings (SSSR count). The van der Waals surface area contributed by atoms with Gasteiger partial charge in [-0.05, 0) is 31.4 Å². The van der Waals surface area contributed by atoms with Crippen LogP contribution in [0, 0.1) is 23.7 Å². The number of hydrogen-bond donors (Lipinski definition) is 1. The number of aryl methyl sites for hydroxylation is 1. The van der Waals surface area contributed by atoms with Crippen molar-refractivity contribution in [1.29, 1.82) is 5.26 Å². The van der Waals surface area contributed by atoms with Gasteiger partial charge in [-0.1, -0.05) is 0 Å². The minimum Gasteiger partial charge on any atom is -0.489 e. The lowest BCUT2D eigenvalue weighted by molar-refractivity contribution is 0.0981. The number of carbonyl (C=O) groups excluding carboxylic acids is 1. The van der Waals surface area contributed by atoms with Gasteiger partial charge in [0.25, 0.3) is 0 Å². The summed E-state index contributed by atoms with van der Waals surface area (Å²) in [4.78, 5) is 20.9. The average Bonchev–Trinajstić information content (AvgIpc) is 3.51. The molecule has 2 aromatic rings. The Bertz CT molecular complexity index is 1070. The van der Waals surface area contributed by atoms with Crippen LogP contribution in [0.25, 0.3) is 0 Å². The Morgan fingerprint density at radius 3 is 2.83 bits per heavy atom. The number of terminal acetylenes is 1. The van der Waals surface area contributed by atoms with E-state index in [1.165, 1.54) is 0 Å². The Kier molecular flexibility index (Phi) is 4.92. The fourth-order valence-corrected chi connectivity index (χ4v) is 3.17. The lowest BCUT2D eigenvalue weighted by Crippen LogP contribution is -2.20. The van der Waals surface area contributed by atoms with Gasteiger partial charge in [-0.3, -0.25) is 4.79 Å². The van der Waals surface area contributed by atoms with Gasteiger partial charge in [-0.25, -0.2) is 9.97 Å². The summed E-state index contributed by atoms with van der Waals surface area (Å²) in [6, 6.07) is 7.16. The number of nitrogens with zero attached hydrogens (tertiary/aromatic N) is 5. The van der Waals surface area contributed by atoms with Crippen LogP contribution in [0.1, 0.15) is 47.3 Å². The number of nitrogens with one attached hydrogen (secondary N) is 1. The first-order valence-electron chi connectivity index (χ1n) is 9.32. The molecule has 0 spiro atoms. The number of aromatic nitrogens is 2. The van der Waals surface area contributed by atoms with Gasteiger partial charge in [0.2, 0.25) is 11.6 Å². The predicted molar refractivity (Wildman–Crippen MR) is 105 cm³/mol. The number of fused-ring (bicyclic) bond motifs is 1. The molecule has 0 radical (unpaired) electrons. The molecule has 0 saturated heterocycles. The SMILES string of the molecule is C#CCC1(COc2cc(C#N)cc(Nc3ncc4c(n3)CCCCC4=O)c2)N=N1. The highest BCUT2D eigenvalue weighted by atomic mass is 16.5. The summed E-state index contributed by atoms with van der Waals surface area (Å²) in [6.07, 6.45) is 10.3. The van der Waals surface area contributed by atoms with Crippen molar-refractivity contribution in [1.82, 2.24) is 9.97 Å². The van der Waals surface area contributed by atoms with Crippen molar-refractivity contribution in [3.05, 3.63) is 41.2 Å². The van der Waals surface area contributed by atoms with E-state index in [2.05, 4.69) is 37.5 Å². The number of Topliss-reactive ketones (excluding diaryl/α,β-unsaturated/α-hetero) is 1. The number of hydrogen-bond acceptors (Lipinski definition) is 8. The quantitative estimate of drug-likeness (QED) is 0.600. The first-order valence-corrected chi connectivity index (χ1v) is 9.32. The maximum absolute atomic E-state index is 12.1. The number of ether oxygens (including phenoxy) is 1. The van der Waals surface area contributed by atoms with Gasteiger partial charge < -0.3 is 10.1 Å². The van der Waals surface area contributed by atoms with Crippen LogP contribution in [0.3, 0.4) is 0 Å². The van der Waals surface area contributed by atoms with Crippen LogP contribution in [0.2, 0.25) is 0 Å². The molecule has 8 heteroatoms. The van der Waals surface area contributed by atoms with E-state index < -0.39 is 5.66 Å². The third-order valence-electron chi connectivity index (χ3n) is 4.77. The van der Waals surface area contributed by atoms with E-state index in [1.54, 1.807) is 24.4 Å². The Morgan fingerprint density at radius 2 is 2.07 bits per heavy atom. The molecule has 2 aliphatic rings. The third-order valence-corrected chi connectivity index (χ3v) is 4.77. The molecular formula is C21H18N6O2. The van der Waals surface area contributed by atoms with Crippen LogP contribution >= 0.6 is 0 Å². The van der Waals surface area contributed by atoms with Crippen molar-refractivity contribution in [2.45, 2.75) is 37.8 Å². The Labute approximate surface area is 168 Å². The van der Waals surface area contributed by atoms with E-state index in [1.807, 2.05) is 0 Å². The number of carbonyl (C=O) groups is 1. The summed E-state index contributed by atoms with van der Waals surface area (Å²) in [7, 11) is 0. The van der Waals surface area contributed by atoms with Gasteiger partial charge in [0, 0.05) is 24.4 Å². The van der Waals surface area contributed by atoms with Crippen molar-refractivity contribution < 1.29 is 9.53 Å². The monoisotopic (exact) mass is 386 g/mol. The lowest BCUT2D eigenvalue weighted by atomic mass is 10.1. The van der Waals surface area contributed by atoms with Crippen molar-refractivity contribution >= 4 is 17.4 Å². The summed E-state index contributed by atoms with van der Waals surface area (Å²) in [5.74, 6) is 3.48. The van der Waals surface area contributed by atoms with Crippen LogP contribution in [0.4, 0.5) is 11.6 Å². The third kappa shape index (κ3) is 4.22. The molecule has 0 saturated carbocycles. The lowest BCUT2D eigenvalue weighted by Gasteiger charge is -2.13. The Morgan fingerprint density at radius 1 is 1.24 bits per heavy atom. The number of nitriles is 1. The van der Waals surface area contributed by atoms with Gasteiger partial charge in [-0.15, -0.1) is 12.3 Å². The molecule has 1 N–H and O–H groups in total. The second-order valence-corrected chi connectivity index (χ2v) is 7.02. The van der Waals surface area contributed by atoms with Crippen LogP contribution in [-0.2, 0) is 6.42 Å². The fourth-order valence-electron chi connectivity index (χ4n) is 3.17. The summed E-state index contributed by atoms with van der Waals surface area (Å²) < 4.78 is 5.77. The summed E-state index contributed by atoms with van der Waals surface area (Å²) >= 11 is 0. The molecule has 0 bridgehead atoms. The minimum atomic E-state index is -0.669. The maximum atomic E-state index is 12.1. The molecule has 0 fully saturated rings. The molecule has 2 heterocycles. The topological polar surface area (TPSA) is 113 Å². The van der Waals surface area contributed by atoms with Crippen molar-refractivity contribution in [3.63, 3.8) is 0 Å². The number of rotatable bonds is 6. The normalized spacial score (nSPS) is 16.1. The molecule has 1 aromatic carbocycles. The van der Waals surface area contributed by atoms with Crippen molar-refractivity contribution in [2.24, 2.45) is 10.2 Å². The maximum Gasteiger partial charge on any atom is 0.235 e. The van der Waals surface area contributed by atoms with E-state index in [0.29, 0.717) is 41.4 Å². The first-order chi connectivity index (χ1) is 14.1. The highest BCUT2D eigenvalue weighted by Gasteiger charge is 2.40. The number of anilines is 2. The minimum absolute atomic E-state index is 0.0861. The predicted octanol–water partition coefficient (Wildman–Crippen LogP) is 3.57. The molecule has 29 heavy (non-hydrogen) atoms. The van der Waals surface area contributed by atoms with E-state index in [0.717, 1.165) is 25.0 Å². The van der Waals surface area contributed by atoms with Crippen molar-refractivity contribution in [2.75, 3.05) is 11.9 Å². The van der Waals surface area contributed by atoms with Crippen molar-refractivity contribution in [3.8, 4) is 24.2 Å². The highest BCUT2D eigenvalue weighted by Crippen LogP contribution is 2.33. The van der Waals surface area contributed by atoms with Crippen LogP contribution in [-0.4, -0.2) is 28.0 Å². The van der Waals surface area contributed by atoms with E-state index in [4.69, 9.17) is 11.2 Å². The van der Waals surface area contributed by atoms with E-state index in [-0.39, 0.29) is 12.4 Å².